The van der Waals surface area contributed by atoms with E-state index in [1.807, 2.05) is 45.0 Å². The zero-order chi connectivity index (χ0) is 17.6. The Morgan fingerprint density at radius 1 is 1.08 bits per heavy atom. The van der Waals surface area contributed by atoms with Gasteiger partial charge in [-0.2, -0.15) is 0 Å². The lowest BCUT2D eigenvalue weighted by molar-refractivity contribution is 0.242. The first kappa shape index (κ1) is 18.5. The molecular weight excluding hydrogens is 322 g/mol. The van der Waals surface area contributed by atoms with E-state index in [9.17, 15) is 8.42 Å². The molecule has 2 aromatic rings. The van der Waals surface area contributed by atoms with Crippen molar-refractivity contribution in [2.45, 2.75) is 44.6 Å². The lowest BCUT2D eigenvalue weighted by atomic mass is 10.1. The van der Waals surface area contributed by atoms with Gasteiger partial charge in [0.2, 0.25) is 10.0 Å². The zero-order valence-electron chi connectivity index (χ0n) is 14.5. The average molecular weight is 347 g/mol. The number of aryl methyl sites for hydroxylation is 2. The third-order valence-corrected chi connectivity index (χ3v) is 5.01. The molecule has 0 atom stereocenters. The van der Waals surface area contributed by atoms with Gasteiger partial charge in [-0.25, -0.2) is 13.1 Å². The largest absolute Gasteiger partial charge is 0.491 e. The summed E-state index contributed by atoms with van der Waals surface area (Å²) in [5, 5.41) is 0. The van der Waals surface area contributed by atoms with E-state index in [1.54, 1.807) is 24.3 Å². The summed E-state index contributed by atoms with van der Waals surface area (Å²) in [5.41, 5.74) is 2.18. The molecule has 0 saturated heterocycles. The molecule has 0 radical (unpaired) electrons. The van der Waals surface area contributed by atoms with Crippen LogP contribution in [0.25, 0.3) is 0 Å². The minimum absolute atomic E-state index is 0.140. The van der Waals surface area contributed by atoms with Crippen LogP contribution in [-0.2, 0) is 16.4 Å². The lowest BCUT2D eigenvalue weighted by Gasteiger charge is -2.11. The van der Waals surface area contributed by atoms with Crippen molar-refractivity contribution in [2.75, 3.05) is 6.54 Å². The predicted molar refractivity (Wildman–Crippen MR) is 96.9 cm³/mol. The van der Waals surface area contributed by atoms with E-state index in [4.69, 9.17) is 4.74 Å². The van der Waals surface area contributed by atoms with E-state index in [0.29, 0.717) is 11.4 Å². The van der Waals surface area contributed by atoms with E-state index >= 15 is 0 Å². The predicted octanol–water partition coefficient (Wildman–Crippen LogP) is 3.69. The van der Waals surface area contributed by atoms with E-state index in [2.05, 4.69) is 4.72 Å². The van der Waals surface area contributed by atoms with Crippen molar-refractivity contribution in [1.82, 2.24) is 4.72 Å². The minimum Gasteiger partial charge on any atom is -0.491 e. The van der Waals surface area contributed by atoms with Crippen LogP contribution < -0.4 is 9.46 Å². The van der Waals surface area contributed by atoms with Gasteiger partial charge in [0.05, 0.1) is 11.0 Å². The summed E-state index contributed by atoms with van der Waals surface area (Å²) in [7, 11) is -3.43. The second-order valence-corrected chi connectivity index (χ2v) is 7.90. The first-order valence-electron chi connectivity index (χ1n) is 8.19. The number of sulfonamides is 1. The monoisotopic (exact) mass is 347 g/mol. The zero-order valence-corrected chi connectivity index (χ0v) is 15.3. The van der Waals surface area contributed by atoms with Crippen LogP contribution in [0.1, 0.15) is 31.4 Å². The third-order valence-electron chi connectivity index (χ3n) is 3.54. The molecule has 0 fully saturated rings. The quantitative estimate of drug-likeness (QED) is 0.741. The number of nitrogens with one attached hydrogen (secondary N) is 1. The van der Waals surface area contributed by atoms with Crippen molar-refractivity contribution in [3.8, 4) is 5.75 Å². The van der Waals surface area contributed by atoms with Gasteiger partial charge in [-0.05, 0) is 63.4 Å². The van der Waals surface area contributed by atoms with E-state index in [0.717, 1.165) is 29.7 Å². The van der Waals surface area contributed by atoms with E-state index < -0.39 is 10.0 Å². The Bertz CT molecular complexity index is 752. The molecule has 5 heteroatoms. The maximum Gasteiger partial charge on any atom is 0.240 e. The topological polar surface area (TPSA) is 55.4 Å². The molecule has 0 bridgehead atoms. The SMILES string of the molecule is Cc1ccc(S(=O)(=O)NCCCc2cccc(OC(C)C)c2)cc1. The van der Waals surface area contributed by atoms with E-state index in [-0.39, 0.29) is 6.10 Å². The number of benzene rings is 2. The first-order chi connectivity index (χ1) is 11.4. The second kappa shape index (κ2) is 8.31. The maximum absolute atomic E-state index is 12.2. The maximum atomic E-state index is 12.2. The Balaban J connectivity index is 1.85. The smallest absolute Gasteiger partial charge is 0.240 e. The third kappa shape index (κ3) is 5.65. The summed E-state index contributed by atoms with van der Waals surface area (Å²) in [5.74, 6) is 0.850. The normalized spacial score (nSPS) is 11.7. The Labute approximate surface area is 144 Å². The van der Waals surface area contributed by atoms with Crippen LogP contribution in [0.2, 0.25) is 0 Å². The fourth-order valence-electron chi connectivity index (χ4n) is 2.35. The molecular formula is C19H25NO3S. The molecule has 0 heterocycles. The Hall–Kier alpha value is -1.85. The fourth-order valence-corrected chi connectivity index (χ4v) is 3.42. The Morgan fingerprint density at radius 3 is 2.46 bits per heavy atom. The molecule has 130 valence electrons. The molecule has 4 nitrogen and oxygen atoms in total. The van der Waals surface area contributed by atoms with Gasteiger partial charge < -0.3 is 4.74 Å². The van der Waals surface area contributed by atoms with Gasteiger partial charge in [0.25, 0.3) is 0 Å². The van der Waals surface area contributed by atoms with Crippen molar-refractivity contribution in [1.29, 1.82) is 0 Å². The Kier molecular flexibility index (Phi) is 6.40. The van der Waals surface area contributed by atoms with Crippen molar-refractivity contribution in [3.05, 3.63) is 59.7 Å². The highest BCUT2D eigenvalue weighted by Crippen LogP contribution is 2.16. The summed E-state index contributed by atoms with van der Waals surface area (Å²) in [6.07, 6.45) is 1.67. The molecule has 0 unspecified atom stereocenters. The summed E-state index contributed by atoms with van der Waals surface area (Å²) in [6, 6.07) is 14.8. The molecule has 24 heavy (non-hydrogen) atoms. The summed E-state index contributed by atoms with van der Waals surface area (Å²) < 4.78 is 32.7. The van der Waals surface area contributed by atoms with Crippen LogP contribution in [0.3, 0.4) is 0 Å². The molecule has 0 saturated carbocycles. The van der Waals surface area contributed by atoms with Crippen LogP contribution in [0.4, 0.5) is 0 Å². The first-order valence-corrected chi connectivity index (χ1v) is 9.67. The molecule has 1 N–H and O–H groups in total. The van der Waals surface area contributed by atoms with Gasteiger partial charge >= 0.3 is 0 Å². The van der Waals surface area contributed by atoms with Crippen LogP contribution in [0, 0.1) is 6.92 Å². The van der Waals surface area contributed by atoms with Crippen molar-refractivity contribution < 1.29 is 13.2 Å². The molecule has 2 rings (SSSR count). The fraction of sp³-hybridized carbons (Fsp3) is 0.368. The number of hydrogen-bond donors (Lipinski definition) is 1. The molecule has 0 aliphatic rings. The van der Waals surface area contributed by atoms with Gasteiger partial charge in [-0.3, -0.25) is 0 Å². The number of hydrogen-bond acceptors (Lipinski definition) is 3. The molecule has 0 aromatic heterocycles. The molecule has 0 amide bonds. The van der Waals surface area contributed by atoms with Crippen LogP contribution >= 0.6 is 0 Å². The number of rotatable bonds is 8. The molecule has 0 aliphatic heterocycles. The minimum atomic E-state index is -3.43. The Morgan fingerprint density at radius 2 is 1.79 bits per heavy atom. The van der Waals surface area contributed by atoms with Gasteiger partial charge in [0.15, 0.2) is 0 Å². The standard InChI is InChI=1S/C19H25NO3S/c1-15(2)23-18-8-4-6-17(14-18)7-5-13-20-24(21,22)19-11-9-16(3)10-12-19/h4,6,8-12,14-15,20H,5,7,13H2,1-3H3. The van der Waals surface area contributed by atoms with Gasteiger partial charge in [0.1, 0.15) is 5.75 Å². The molecule has 2 aromatic carbocycles. The lowest BCUT2D eigenvalue weighted by Crippen LogP contribution is -2.25. The van der Waals surface area contributed by atoms with Crippen LogP contribution in [0.5, 0.6) is 5.75 Å². The molecule has 0 aliphatic carbocycles. The van der Waals surface area contributed by atoms with Crippen molar-refractivity contribution >= 4 is 10.0 Å². The van der Waals surface area contributed by atoms with E-state index in [1.165, 1.54) is 0 Å². The summed E-state index contributed by atoms with van der Waals surface area (Å²) >= 11 is 0. The van der Waals surface area contributed by atoms with Crippen LogP contribution in [-0.4, -0.2) is 21.1 Å². The number of ether oxygens (including phenoxy) is 1. The van der Waals surface area contributed by atoms with Crippen molar-refractivity contribution in [2.24, 2.45) is 0 Å². The highest BCUT2D eigenvalue weighted by atomic mass is 32.2. The van der Waals surface area contributed by atoms with Gasteiger partial charge in [-0.15, -0.1) is 0 Å². The highest BCUT2D eigenvalue weighted by molar-refractivity contribution is 7.89. The molecule has 0 spiro atoms. The highest BCUT2D eigenvalue weighted by Gasteiger charge is 2.12. The average Bonchev–Trinajstić information content (AvgIpc) is 2.52. The van der Waals surface area contributed by atoms with Gasteiger partial charge in [-0.1, -0.05) is 29.8 Å². The second-order valence-electron chi connectivity index (χ2n) is 6.13. The van der Waals surface area contributed by atoms with Crippen LogP contribution in [0.15, 0.2) is 53.4 Å². The summed E-state index contributed by atoms with van der Waals surface area (Å²) in [6.45, 7) is 6.32. The van der Waals surface area contributed by atoms with Gasteiger partial charge in [0, 0.05) is 6.54 Å². The van der Waals surface area contributed by atoms with Crippen molar-refractivity contribution in [3.63, 3.8) is 0 Å². The summed E-state index contributed by atoms with van der Waals surface area (Å²) in [4.78, 5) is 0.306.